The largest absolute Gasteiger partial charge is 0.243 e. The lowest BCUT2D eigenvalue weighted by molar-refractivity contribution is 0.0915. The molecule has 15 heavy (non-hydrogen) atoms. The normalized spacial score (nSPS) is 19.8. The topological polar surface area (TPSA) is 24.8 Å². The molecule has 0 aromatic heterocycles. The summed E-state index contributed by atoms with van der Waals surface area (Å²) in [5.41, 5.74) is 0.979. The molecular formula is C12H16N2O. The van der Waals surface area contributed by atoms with Gasteiger partial charge in [0.1, 0.15) is 6.10 Å². The van der Waals surface area contributed by atoms with Crippen LogP contribution in [0.25, 0.3) is 0 Å². The average molecular weight is 204 g/mol. The molecular weight excluding hydrogens is 188 g/mol. The highest BCUT2D eigenvalue weighted by Gasteiger charge is 2.18. The minimum absolute atomic E-state index is 0.144. The fourth-order valence-corrected chi connectivity index (χ4v) is 1.53. The number of unbranched alkanes of at least 4 members (excludes halogenated alkanes) is 1. The van der Waals surface area contributed by atoms with Crippen LogP contribution in [0.3, 0.4) is 0 Å². The monoisotopic (exact) mass is 204 g/mol. The number of benzene rings is 1. The molecule has 3 nitrogen and oxygen atoms in total. The predicted molar refractivity (Wildman–Crippen MR) is 61.8 cm³/mol. The van der Waals surface area contributed by atoms with Crippen molar-refractivity contribution in [2.45, 2.75) is 32.3 Å². The molecule has 0 radical (unpaired) electrons. The zero-order chi connectivity index (χ0) is 10.5. The van der Waals surface area contributed by atoms with Crippen molar-refractivity contribution in [1.29, 1.82) is 0 Å². The third kappa shape index (κ3) is 2.57. The Balaban J connectivity index is 1.91. The van der Waals surface area contributed by atoms with Crippen molar-refractivity contribution in [3.05, 3.63) is 30.3 Å². The van der Waals surface area contributed by atoms with E-state index < -0.39 is 0 Å². The maximum absolute atomic E-state index is 5.66. The van der Waals surface area contributed by atoms with E-state index in [4.69, 9.17) is 4.84 Å². The van der Waals surface area contributed by atoms with Crippen LogP contribution in [-0.4, -0.2) is 12.3 Å². The molecule has 80 valence electrons. The zero-order valence-corrected chi connectivity index (χ0v) is 8.97. The lowest BCUT2D eigenvalue weighted by Gasteiger charge is -2.15. The molecule has 0 saturated heterocycles. The van der Waals surface area contributed by atoms with E-state index in [2.05, 4.69) is 12.0 Å². The zero-order valence-electron chi connectivity index (χ0n) is 8.97. The standard InChI is InChI=1S/C12H16N2O/c1-2-3-9-12-10-13-14(15-12)11-7-5-4-6-8-11/h4-8,10,12H,2-3,9H2,1H3. The van der Waals surface area contributed by atoms with Crippen LogP contribution in [0.4, 0.5) is 5.69 Å². The van der Waals surface area contributed by atoms with Crippen molar-refractivity contribution in [2.24, 2.45) is 5.10 Å². The minimum Gasteiger partial charge on any atom is -0.243 e. The maximum Gasteiger partial charge on any atom is 0.125 e. The highest BCUT2D eigenvalue weighted by atomic mass is 16.7. The number of anilines is 1. The summed E-state index contributed by atoms with van der Waals surface area (Å²) in [7, 11) is 0. The SMILES string of the molecule is CCCCC1C=NN(c2ccccc2)O1. The van der Waals surface area contributed by atoms with E-state index in [0.717, 1.165) is 12.1 Å². The summed E-state index contributed by atoms with van der Waals surface area (Å²) in [4.78, 5) is 5.66. The molecule has 0 N–H and O–H groups in total. The molecule has 0 bridgehead atoms. The van der Waals surface area contributed by atoms with Gasteiger partial charge in [0.2, 0.25) is 0 Å². The molecule has 1 unspecified atom stereocenters. The van der Waals surface area contributed by atoms with Crippen LogP contribution in [0.1, 0.15) is 26.2 Å². The first-order valence-corrected chi connectivity index (χ1v) is 5.46. The number of rotatable bonds is 4. The van der Waals surface area contributed by atoms with Crippen LogP contribution < -0.4 is 5.17 Å². The second-order valence-electron chi connectivity index (χ2n) is 3.66. The highest BCUT2D eigenvalue weighted by molar-refractivity contribution is 5.67. The van der Waals surface area contributed by atoms with Crippen molar-refractivity contribution < 1.29 is 4.84 Å². The van der Waals surface area contributed by atoms with Crippen LogP contribution in [0.15, 0.2) is 35.4 Å². The molecule has 1 aliphatic heterocycles. The minimum atomic E-state index is 0.144. The molecule has 0 amide bonds. The highest BCUT2D eigenvalue weighted by Crippen LogP contribution is 2.20. The second-order valence-corrected chi connectivity index (χ2v) is 3.66. The van der Waals surface area contributed by atoms with Crippen molar-refractivity contribution >= 4 is 11.9 Å². The second kappa shape index (κ2) is 4.94. The molecule has 1 aliphatic rings. The van der Waals surface area contributed by atoms with Gasteiger partial charge < -0.3 is 0 Å². The van der Waals surface area contributed by atoms with E-state index in [1.807, 2.05) is 36.5 Å². The molecule has 0 aliphatic carbocycles. The Morgan fingerprint density at radius 1 is 1.33 bits per heavy atom. The van der Waals surface area contributed by atoms with E-state index in [9.17, 15) is 0 Å². The first kappa shape index (κ1) is 10.2. The quantitative estimate of drug-likeness (QED) is 0.753. The van der Waals surface area contributed by atoms with Crippen LogP contribution >= 0.6 is 0 Å². The smallest absolute Gasteiger partial charge is 0.125 e. The van der Waals surface area contributed by atoms with E-state index in [0.29, 0.717) is 0 Å². The van der Waals surface area contributed by atoms with Gasteiger partial charge in [0.15, 0.2) is 0 Å². The molecule has 2 rings (SSSR count). The number of hydrazone groups is 1. The fourth-order valence-electron chi connectivity index (χ4n) is 1.53. The summed E-state index contributed by atoms with van der Waals surface area (Å²) >= 11 is 0. The van der Waals surface area contributed by atoms with Gasteiger partial charge in [-0.15, -0.1) is 5.17 Å². The summed E-state index contributed by atoms with van der Waals surface area (Å²) in [5, 5.41) is 5.82. The van der Waals surface area contributed by atoms with Gasteiger partial charge in [0.25, 0.3) is 0 Å². The van der Waals surface area contributed by atoms with Crippen LogP contribution in [0, 0.1) is 0 Å². The van der Waals surface area contributed by atoms with Crippen LogP contribution in [-0.2, 0) is 4.84 Å². The molecule has 1 heterocycles. The number of nitrogens with zero attached hydrogens (tertiary/aromatic N) is 2. The average Bonchev–Trinajstić information content (AvgIpc) is 2.76. The summed E-state index contributed by atoms with van der Waals surface area (Å²) < 4.78 is 0. The number of hydrogen-bond donors (Lipinski definition) is 0. The lowest BCUT2D eigenvalue weighted by atomic mass is 10.2. The van der Waals surface area contributed by atoms with Gasteiger partial charge in [-0.1, -0.05) is 38.0 Å². The van der Waals surface area contributed by atoms with Crippen LogP contribution in [0.2, 0.25) is 0 Å². The van der Waals surface area contributed by atoms with Crippen molar-refractivity contribution in [1.82, 2.24) is 0 Å². The predicted octanol–water partition coefficient (Wildman–Crippen LogP) is 2.98. The Morgan fingerprint density at radius 2 is 2.13 bits per heavy atom. The van der Waals surface area contributed by atoms with Gasteiger partial charge in [-0.2, -0.15) is 5.10 Å². The Hall–Kier alpha value is -1.35. The van der Waals surface area contributed by atoms with E-state index in [1.165, 1.54) is 12.8 Å². The van der Waals surface area contributed by atoms with Gasteiger partial charge in [0, 0.05) is 0 Å². The molecule has 0 spiro atoms. The number of para-hydroxylation sites is 1. The van der Waals surface area contributed by atoms with Gasteiger partial charge in [-0.3, -0.25) is 0 Å². The molecule has 1 aromatic rings. The van der Waals surface area contributed by atoms with Gasteiger partial charge in [-0.25, -0.2) is 4.84 Å². The number of hydrogen-bond acceptors (Lipinski definition) is 3. The Bertz CT molecular complexity index is 324. The maximum atomic E-state index is 5.66. The fraction of sp³-hybridized carbons (Fsp3) is 0.417. The third-order valence-corrected chi connectivity index (χ3v) is 2.39. The molecule has 0 saturated carbocycles. The summed E-state index contributed by atoms with van der Waals surface area (Å²) in [6.45, 7) is 2.18. The van der Waals surface area contributed by atoms with Gasteiger partial charge in [-0.05, 0) is 18.6 Å². The van der Waals surface area contributed by atoms with Crippen molar-refractivity contribution in [2.75, 3.05) is 5.17 Å². The summed E-state index contributed by atoms with van der Waals surface area (Å²) in [6, 6.07) is 9.91. The lowest BCUT2D eigenvalue weighted by Crippen LogP contribution is -2.17. The Labute approximate surface area is 90.3 Å². The third-order valence-electron chi connectivity index (χ3n) is 2.39. The van der Waals surface area contributed by atoms with Crippen molar-refractivity contribution in [3.8, 4) is 0 Å². The first-order valence-electron chi connectivity index (χ1n) is 5.46. The summed E-state index contributed by atoms with van der Waals surface area (Å²) in [5.74, 6) is 0. The summed E-state index contributed by atoms with van der Waals surface area (Å²) in [6.07, 6.45) is 5.44. The molecule has 1 aromatic carbocycles. The molecule has 1 atom stereocenters. The van der Waals surface area contributed by atoms with Gasteiger partial charge in [0.05, 0.1) is 11.9 Å². The van der Waals surface area contributed by atoms with E-state index >= 15 is 0 Å². The van der Waals surface area contributed by atoms with Crippen LogP contribution in [0.5, 0.6) is 0 Å². The van der Waals surface area contributed by atoms with Crippen molar-refractivity contribution in [3.63, 3.8) is 0 Å². The Kier molecular flexibility index (Phi) is 3.35. The molecule has 3 heteroatoms. The van der Waals surface area contributed by atoms with E-state index in [1.54, 1.807) is 5.17 Å². The van der Waals surface area contributed by atoms with E-state index in [-0.39, 0.29) is 6.10 Å². The Morgan fingerprint density at radius 3 is 2.87 bits per heavy atom. The van der Waals surface area contributed by atoms with Gasteiger partial charge >= 0.3 is 0 Å². The first-order chi connectivity index (χ1) is 7.40. The molecule has 0 fully saturated rings.